The average molecular weight is 381 g/mol. The summed E-state index contributed by atoms with van der Waals surface area (Å²) in [5, 5.41) is 4.82. The Morgan fingerprint density at radius 1 is 1.31 bits per heavy atom. The Balaban J connectivity index is 3.01. The highest BCUT2D eigenvalue weighted by molar-refractivity contribution is 5.97. The van der Waals surface area contributed by atoms with Crippen LogP contribution >= 0.6 is 0 Å². The molecule has 0 saturated carbocycles. The lowest BCUT2D eigenvalue weighted by Gasteiger charge is -2.34. The number of hydrogen-bond donors (Lipinski definition) is 3. The van der Waals surface area contributed by atoms with Gasteiger partial charge in [-0.15, -0.1) is 0 Å². The van der Waals surface area contributed by atoms with Gasteiger partial charge in [0.25, 0.3) is 5.91 Å². The summed E-state index contributed by atoms with van der Waals surface area (Å²) in [4.78, 5) is 45.9. The van der Waals surface area contributed by atoms with Crippen molar-refractivity contribution in [2.45, 2.75) is 44.6 Å². The summed E-state index contributed by atoms with van der Waals surface area (Å²) in [6.07, 6.45) is -5.46. The minimum absolute atomic E-state index is 0.247. The van der Waals surface area contributed by atoms with Gasteiger partial charge in [0.2, 0.25) is 11.7 Å². The van der Waals surface area contributed by atoms with Crippen LogP contribution in [0.2, 0.25) is 0 Å². The Hall–Kier alpha value is -2.63. The fourth-order valence-electron chi connectivity index (χ4n) is 2.01. The maximum atomic E-state index is 12.2. The van der Waals surface area contributed by atoms with Crippen LogP contribution in [-0.2, 0) is 28.7 Å². The third-order valence-electron chi connectivity index (χ3n) is 3.13. The Kier molecular flexibility index (Phi) is 7.12. The number of nitrogens with two attached hydrogens (primary N) is 1. The normalized spacial score (nSPS) is 22.5. The Labute approximate surface area is 146 Å². The van der Waals surface area contributed by atoms with Crippen molar-refractivity contribution in [1.82, 2.24) is 10.6 Å². The molecule has 3 atom stereocenters. The van der Waals surface area contributed by atoms with Crippen LogP contribution in [0.4, 0.5) is 13.2 Å². The van der Waals surface area contributed by atoms with Gasteiger partial charge in [0.05, 0.1) is 12.1 Å². The molecule has 0 bridgehead atoms. The van der Waals surface area contributed by atoms with Crippen LogP contribution in [-0.4, -0.2) is 54.7 Å². The van der Waals surface area contributed by atoms with Crippen molar-refractivity contribution in [3.63, 3.8) is 0 Å². The number of esters is 2. The monoisotopic (exact) mass is 381 g/mol. The zero-order valence-corrected chi connectivity index (χ0v) is 13.9. The SMILES string of the molecule is CCCNC(=O)[C@@H]1OC(C(=O)OC(=O)C(F)(F)F)=C[C@H](N)[C@H]1NC(C)=O. The van der Waals surface area contributed by atoms with Crippen LogP contribution < -0.4 is 16.4 Å². The van der Waals surface area contributed by atoms with Crippen LogP contribution in [0.25, 0.3) is 0 Å². The second-order valence-corrected chi connectivity index (χ2v) is 5.34. The molecular formula is C14H18F3N3O6. The standard InChI is InChI=1S/C14H18F3N3O6/c1-3-4-19-11(22)10-9(20-6(2)21)7(18)5-8(25-10)12(23)26-13(24)14(15,16)17/h5,7,9-10H,3-4,18H2,1-2H3,(H,19,22)(H,20,21)/t7-,9+,10+/m0/s1. The van der Waals surface area contributed by atoms with E-state index in [0.29, 0.717) is 6.42 Å². The lowest BCUT2D eigenvalue weighted by molar-refractivity contribution is -0.201. The third kappa shape index (κ3) is 5.72. The second kappa shape index (κ2) is 8.65. The molecule has 0 saturated heterocycles. The predicted octanol–water partition coefficient (Wildman–Crippen LogP) is -0.741. The molecule has 1 aliphatic rings. The van der Waals surface area contributed by atoms with Gasteiger partial charge < -0.3 is 25.8 Å². The Bertz CT molecular complexity index is 620. The van der Waals surface area contributed by atoms with Crippen molar-refractivity contribution in [2.24, 2.45) is 5.73 Å². The van der Waals surface area contributed by atoms with Crippen LogP contribution in [0.5, 0.6) is 0 Å². The van der Waals surface area contributed by atoms with E-state index in [9.17, 15) is 32.3 Å². The molecule has 1 rings (SSSR count). The fraction of sp³-hybridized carbons (Fsp3) is 0.571. The number of alkyl halides is 3. The lowest BCUT2D eigenvalue weighted by atomic mass is 9.98. The summed E-state index contributed by atoms with van der Waals surface area (Å²) < 4.78 is 45.3. The van der Waals surface area contributed by atoms with Gasteiger partial charge in [-0.05, 0) is 12.5 Å². The van der Waals surface area contributed by atoms with E-state index >= 15 is 0 Å². The number of carbonyl (C=O) groups is 4. The van der Waals surface area contributed by atoms with Crippen molar-refractivity contribution in [2.75, 3.05) is 6.54 Å². The maximum absolute atomic E-state index is 12.2. The molecule has 12 heteroatoms. The number of halogens is 3. The summed E-state index contributed by atoms with van der Waals surface area (Å²) in [6.45, 7) is 3.17. The van der Waals surface area contributed by atoms with Gasteiger partial charge in [0.15, 0.2) is 6.10 Å². The van der Waals surface area contributed by atoms with E-state index in [-0.39, 0.29) is 6.54 Å². The summed E-state index contributed by atoms with van der Waals surface area (Å²) in [5.74, 6) is -6.63. The number of carbonyl (C=O) groups excluding carboxylic acids is 4. The first kappa shape index (κ1) is 21.4. The van der Waals surface area contributed by atoms with Crippen molar-refractivity contribution < 1.29 is 41.8 Å². The van der Waals surface area contributed by atoms with Crippen LogP contribution in [0.3, 0.4) is 0 Å². The first-order chi connectivity index (χ1) is 12.0. The van der Waals surface area contributed by atoms with E-state index in [0.717, 1.165) is 13.0 Å². The van der Waals surface area contributed by atoms with E-state index in [1.54, 1.807) is 6.92 Å². The summed E-state index contributed by atoms with van der Waals surface area (Å²) in [6, 6.07) is -2.24. The first-order valence-corrected chi connectivity index (χ1v) is 7.49. The predicted molar refractivity (Wildman–Crippen MR) is 79.0 cm³/mol. The molecule has 26 heavy (non-hydrogen) atoms. The molecular weight excluding hydrogens is 363 g/mol. The number of ether oxygens (including phenoxy) is 2. The van der Waals surface area contributed by atoms with E-state index in [1.165, 1.54) is 0 Å². The van der Waals surface area contributed by atoms with Crippen LogP contribution in [0.15, 0.2) is 11.8 Å². The molecule has 0 aromatic rings. The van der Waals surface area contributed by atoms with E-state index in [2.05, 4.69) is 15.4 Å². The highest BCUT2D eigenvalue weighted by atomic mass is 19.4. The van der Waals surface area contributed by atoms with Gasteiger partial charge >= 0.3 is 18.1 Å². The molecule has 0 aliphatic carbocycles. The molecule has 1 heterocycles. The van der Waals surface area contributed by atoms with Gasteiger partial charge in [0, 0.05) is 13.5 Å². The maximum Gasteiger partial charge on any atom is 0.491 e. The quantitative estimate of drug-likeness (QED) is 0.421. The Morgan fingerprint density at radius 2 is 1.92 bits per heavy atom. The summed E-state index contributed by atoms with van der Waals surface area (Å²) >= 11 is 0. The smallest absolute Gasteiger partial charge is 0.471 e. The number of amides is 2. The largest absolute Gasteiger partial charge is 0.491 e. The molecule has 4 N–H and O–H groups in total. The number of nitrogens with one attached hydrogen (secondary N) is 2. The van der Waals surface area contributed by atoms with Gasteiger partial charge in [0.1, 0.15) is 0 Å². The molecule has 0 spiro atoms. The van der Waals surface area contributed by atoms with Gasteiger partial charge in [-0.1, -0.05) is 6.92 Å². The van der Waals surface area contributed by atoms with Crippen LogP contribution in [0.1, 0.15) is 20.3 Å². The lowest BCUT2D eigenvalue weighted by Crippen LogP contribution is -2.61. The Morgan fingerprint density at radius 3 is 2.42 bits per heavy atom. The van der Waals surface area contributed by atoms with E-state index in [1.807, 2.05) is 0 Å². The minimum atomic E-state index is -5.39. The molecule has 2 amide bonds. The second-order valence-electron chi connectivity index (χ2n) is 5.34. The first-order valence-electron chi connectivity index (χ1n) is 7.49. The number of rotatable bonds is 5. The molecule has 0 unspecified atom stereocenters. The molecule has 1 aliphatic heterocycles. The molecule has 0 radical (unpaired) electrons. The molecule has 0 fully saturated rings. The van der Waals surface area contributed by atoms with E-state index < -0.39 is 53.9 Å². The average Bonchev–Trinajstić information content (AvgIpc) is 2.52. The zero-order valence-electron chi connectivity index (χ0n) is 13.9. The summed E-state index contributed by atoms with van der Waals surface area (Å²) in [5.41, 5.74) is 5.76. The van der Waals surface area contributed by atoms with Gasteiger partial charge in [-0.2, -0.15) is 13.2 Å². The highest BCUT2D eigenvalue weighted by Gasteiger charge is 2.45. The zero-order chi connectivity index (χ0) is 20.1. The van der Waals surface area contributed by atoms with Gasteiger partial charge in [-0.3, -0.25) is 9.59 Å². The molecule has 146 valence electrons. The summed E-state index contributed by atoms with van der Waals surface area (Å²) in [7, 11) is 0. The third-order valence-corrected chi connectivity index (χ3v) is 3.13. The molecule has 0 aromatic carbocycles. The van der Waals surface area contributed by atoms with Crippen molar-refractivity contribution >= 4 is 23.8 Å². The van der Waals surface area contributed by atoms with Crippen molar-refractivity contribution in [1.29, 1.82) is 0 Å². The fourth-order valence-corrected chi connectivity index (χ4v) is 2.01. The highest BCUT2D eigenvalue weighted by Crippen LogP contribution is 2.21. The van der Waals surface area contributed by atoms with Gasteiger partial charge in [-0.25, -0.2) is 9.59 Å². The number of hydrogen-bond acceptors (Lipinski definition) is 7. The molecule has 9 nitrogen and oxygen atoms in total. The molecule has 0 aromatic heterocycles. The van der Waals surface area contributed by atoms with Crippen molar-refractivity contribution in [3.05, 3.63) is 11.8 Å². The topological polar surface area (TPSA) is 137 Å². The minimum Gasteiger partial charge on any atom is -0.471 e. The van der Waals surface area contributed by atoms with E-state index in [4.69, 9.17) is 10.5 Å². The van der Waals surface area contributed by atoms with Crippen LogP contribution in [0, 0.1) is 0 Å². The van der Waals surface area contributed by atoms with Crippen molar-refractivity contribution in [3.8, 4) is 0 Å².